The molecule has 1 heterocycles. The van der Waals surface area contributed by atoms with E-state index in [4.69, 9.17) is 11.6 Å². The Bertz CT molecular complexity index is 684. The van der Waals surface area contributed by atoms with Gasteiger partial charge in [0.2, 0.25) is 0 Å². The highest BCUT2D eigenvalue weighted by Gasteiger charge is 2.35. The second kappa shape index (κ2) is 6.01. The average molecular weight is 315 g/mol. The van der Waals surface area contributed by atoms with E-state index in [1.165, 1.54) is 0 Å². The molecule has 3 rings (SSSR count). The Hall–Kier alpha value is -2.00. The number of hydrogen-bond donors (Lipinski definition) is 1. The summed E-state index contributed by atoms with van der Waals surface area (Å²) < 4.78 is 0. The summed E-state index contributed by atoms with van der Waals surface area (Å²) >= 11 is 5.99. The van der Waals surface area contributed by atoms with E-state index in [1.807, 2.05) is 53.4 Å². The highest BCUT2D eigenvalue weighted by atomic mass is 35.5. The fraction of sp³-hybridized carbons (Fsp3) is 0.278. The van der Waals surface area contributed by atoms with Crippen molar-refractivity contribution < 1.29 is 4.79 Å². The second-order valence-electron chi connectivity index (χ2n) is 5.61. The van der Waals surface area contributed by atoms with Crippen molar-refractivity contribution in [3.63, 3.8) is 0 Å². The number of hydrogen-bond acceptors (Lipinski definition) is 2. The minimum Gasteiger partial charge on any atom is -0.361 e. The fourth-order valence-electron chi connectivity index (χ4n) is 2.81. The lowest BCUT2D eigenvalue weighted by molar-refractivity contribution is 0.0593. The van der Waals surface area contributed by atoms with Gasteiger partial charge in [0.05, 0.1) is 5.56 Å². The normalized spacial score (nSPS) is 18.6. The molecule has 114 valence electrons. The number of halogens is 1. The van der Waals surface area contributed by atoms with Gasteiger partial charge in [-0.15, -0.1) is 0 Å². The third-order valence-electron chi connectivity index (χ3n) is 4.21. The smallest absolute Gasteiger partial charge is 0.258 e. The maximum atomic E-state index is 12.9. The summed E-state index contributed by atoms with van der Waals surface area (Å²) in [5.41, 5.74) is 2.65. The van der Waals surface area contributed by atoms with Gasteiger partial charge in [-0.1, -0.05) is 42.8 Å². The van der Waals surface area contributed by atoms with Gasteiger partial charge < -0.3 is 10.2 Å². The van der Waals surface area contributed by atoms with E-state index < -0.39 is 0 Å². The molecule has 0 aliphatic carbocycles. The predicted molar refractivity (Wildman–Crippen MR) is 90.2 cm³/mol. The number of para-hydroxylation sites is 1. The summed E-state index contributed by atoms with van der Waals surface area (Å²) in [5.74, 6) is 0.0728. The van der Waals surface area contributed by atoms with E-state index in [9.17, 15) is 4.79 Å². The largest absolute Gasteiger partial charge is 0.361 e. The van der Waals surface area contributed by atoms with Gasteiger partial charge in [0.15, 0.2) is 0 Å². The quantitative estimate of drug-likeness (QED) is 0.890. The minimum atomic E-state index is -0.172. The highest BCUT2D eigenvalue weighted by molar-refractivity contribution is 6.30. The Kier molecular flexibility index (Phi) is 4.08. The monoisotopic (exact) mass is 314 g/mol. The molecule has 0 spiro atoms. The second-order valence-corrected chi connectivity index (χ2v) is 6.05. The maximum Gasteiger partial charge on any atom is 0.258 e. The van der Waals surface area contributed by atoms with Crippen molar-refractivity contribution in [1.29, 1.82) is 0 Å². The molecule has 0 aromatic heterocycles. The van der Waals surface area contributed by atoms with Gasteiger partial charge in [0, 0.05) is 16.8 Å². The van der Waals surface area contributed by atoms with Gasteiger partial charge in [-0.2, -0.15) is 0 Å². The molecule has 2 atom stereocenters. The van der Waals surface area contributed by atoms with Gasteiger partial charge in [0.1, 0.15) is 6.17 Å². The summed E-state index contributed by atoms with van der Waals surface area (Å²) in [6, 6.07) is 15.5. The average Bonchev–Trinajstić information content (AvgIpc) is 2.55. The summed E-state index contributed by atoms with van der Waals surface area (Å²) in [6.07, 6.45) is 0.731. The Morgan fingerprint density at radius 3 is 2.55 bits per heavy atom. The zero-order valence-corrected chi connectivity index (χ0v) is 13.5. The van der Waals surface area contributed by atoms with Gasteiger partial charge in [-0.3, -0.25) is 4.79 Å². The molecule has 0 radical (unpaired) electrons. The van der Waals surface area contributed by atoms with Crippen molar-refractivity contribution in [2.24, 2.45) is 0 Å². The number of fused-ring (bicyclic) bond motifs is 1. The van der Waals surface area contributed by atoms with Crippen LogP contribution in [-0.2, 0) is 0 Å². The summed E-state index contributed by atoms with van der Waals surface area (Å²) in [7, 11) is 0. The van der Waals surface area contributed by atoms with E-state index >= 15 is 0 Å². The number of carbonyl (C=O) groups is 1. The van der Waals surface area contributed by atoms with Crippen LogP contribution in [0.3, 0.4) is 0 Å². The molecule has 0 unspecified atom stereocenters. The number of anilines is 1. The van der Waals surface area contributed by atoms with Crippen LogP contribution < -0.4 is 5.32 Å². The standard InChI is InChI=1S/C18H19ClN2O/c1-3-12(2)21-17(13-8-10-14(19)11-9-13)20-16-7-5-4-6-15(16)18(21)22/h4-12,17,20H,3H2,1-2H3/t12-,17-/m0/s1. The molecular weight excluding hydrogens is 296 g/mol. The molecule has 1 N–H and O–H groups in total. The number of benzene rings is 2. The number of nitrogens with zero attached hydrogens (tertiary/aromatic N) is 1. The lowest BCUT2D eigenvalue weighted by Crippen LogP contribution is -2.47. The summed E-state index contributed by atoms with van der Waals surface area (Å²) in [5, 5.41) is 4.19. The number of carbonyl (C=O) groups excluding carboxylic acids is 1. The van der Waals surface area contributed by atoms with Crippen molar-refractivity contribution >= 4 is 23.2 Å². The summed E-state index contributed by atoms with van der Waals surface area (Å²) in [4.78, 5) is 14.8. The van der Waals surface area contributed by atoms with Crippen LogP contribution in [0.15, 0.2) is 48.5 Å². The Morgan fingerprint density at radius 1 is 1.18 bits per heavy atom. The van der Waals surface area contributed by atoms with Gasteiger partial charge in [-0.05, 0) is 43.2 Å². The molecule has 0 saturated carbocycles. The predicted octanol–water partition coefficient (Wildman–Crippen LogP) is 4.71. The van der Waals surface area contributed by atoms with Crippen molar-refractivity contribution in [2.45, 2.75) is 32.5 Å². The fourth-order valence-corrected chi connectivity index (χ4v) is 2.93. The molecule has 0 saturated heterocycles. The van der Waals surface area contributed by atoms with Gasteiger partial charge in [0.25, 0.3) is 5.91 Å². The Balaban J connectivity index is 2.06. The first-order chi connectivity index (χ1) is 10.6. The van der Waals surface area contributed by atoms with E-state index in [2.05, 4.69) is 19.2 Å². The van der Waals surface area contributed by atoms with Crippen molar-refractivity contribution in [1.82, 2.24) is 4.90 Å². The first-order valence-electron chi connectivity index (χ1n) is 7.55. The van der Waals surface area contributed by atoms with Crippen LogP contribution >= 0.6 is 11.6 Å². The van der Waals surface area contributed by atoms with Gasteiger partial charge in [-0.25, -0.2) is 0 Å². The lowest BCUT2D eigenvalue weighted by atomic mass is 10.0. The molecule has 3 nitrogen and oxygen atoms in total. The topological polar surface area (TPSA) is 32.3 Å². The van der Waals surface area contributed by atoms with Crippen LogP contribution in [0.4, 0.5) is 5.69 Å². The van der Waals surface area contributed by atoms with E-state index in [-0.39, 0.29) is 18.1 Å². The molecule has 1 amide bonds. The van der Waals surface area contributed by atoms with Crippen LogP contribution in [0.5, 0.6) is 0 Å². The Labute approximate surface area is 135 Å². The molecule has 1 aliphatic heterocycles. The highest BCUT2D eigenvalue weighted by Crippen LogP contribution is 2.35. The number of rotatable bonds is 3. The number of nitrogens with one attached hydrogen (secondary N) is 1. The van der Waals surface area contributed by atoms with Crippen LogP contribution in [-0.4, -0.2) is 16.8 Å². The lowest BCUT2D eigenvalue weighted by Gasteiger charge is -2.41. The van der Waals surface area contributed by atoms with E-state index in [1.54, 1.807) is 0 Å². The first kappa shape index (κ1) is 14.9. The maximum absolute atomic E-state index is 12.9. The van der Waals surface area contributed by atoms with Crippen LogP contribution in [0.25, 0.3) is 0 Å². The molecule has 22 heavy (non-hydrogen) atoms. The van der Waals surface area contributed by atoms with Crippen molar-refractivity contribution in [3.05, 3.63) is 64.7 Å². The molecule has 2 aromatic rings. The Morgan fingerprint density at radius 2 is 1.86 bits per heavy atom. The van der Waals surface area contributed by atoms with Crippen LogP contribution in [0.1, 0.15) is 42.4 Å². The summed E-state index contributed by atoms with van der Waals surface area (Å²) in [6.45, 7) is 4.17. The van der Waals surface area contributed by atoms with Crippen LogP contribution in [0, 0.1) is 0 Å². The van der Waals surface area contributed by atoms with Gasteiger partial charge >= 0.3 is 0 Å². The SMILES string of the molecule is CC[C@H](C)N1C(=O)c2ccccc2N[C@@H]1c1ccc(Cl)cc1. The third kappa shape index (κ3) is 2.57. The van der Waals surface area contributed by atoms with E-state index in [0.717, 1.165) is 23.2 Å². The van der Waals surface area contributed by atoms with Crippen molar-refractivity contribution in [2.75, 3.05) is 5.32 Å². The molecule has 4 heteroatoms. The minimum absolute atomic E-state index is 0.0728. The zero-order valence-electron chi connectivity index (χ0n) is 12.7. The van der Waals surface area contributed by atoms with E-state index in [0.29, 0.717) is 5.02 Å². The first-order valence-corrected chi connectivity index (χ1v) is 7.93. The van der Waals surface area contributed by atoms with Crippen LogP contribution in [0.2, 0.25) is 5.02 Å². The molecule has 2 aromatic carbocycles. The number of amides is 1. The molecule has 0 fully saturated rings. The molecular formula is C18H19ClN2O. The van der Waals surface area contributed by atoms with Crippen molar-refractivity contribution in [3.8, 4) is 0 Å². The zero-order chi connectivity index (χ0) is 15.7. The molecule has 0 bridgehead atoms. The third-order valence-corrected chi connectivity index (χ3v) is 4.47. The molecule has 1 aliphatic rings.